The fourth-order valence-electron chi connectivity index (χ4n) is 8.87. The number of hydrogen-bond donors (Lipinski definition) is 3. The van der Waals surface area contributed by atoms with Crippen LogP contribution in [-0.2, 0) is 14.3 Å². The average Bonchev–Trinajstić information content (AvgIpc) is 3.34. The van der Waals surface area contributed by atoms with Gasteiger partial charge in [0.25, 0.3) is 0 Å². The summed E-state index contributed by atoms with van der Waals surface area (Å²) in [7, 11) is 0. The summed E-state index contributed by atoms with van der Waals surface area (Å²) in [4.78, 5) is 26.3. The van der Waals surface area contributed by atoms with E-state index in [0.717, 1.165) is 77.0 Å². The van der Waals surface area contributed by atoms with Gasteiger partial charge >= 0.3 is 5.97 Å². The lowest BCUT2D eigenvalue weighted by atomic mass is 10.0. The first-order valence-electron chi connectivity index (χ1n) is 29.7. The van der Waals surface area contributed by atoms with Crippen molar-refractivity contribution in [1.29, 1.82) is 0 Å². The number of ether oxygens (including phenoxy) is 1. The van der Waals surface area contributed by atoms with Crippen LogP contribution in [0.3, 0.4) is 0 Å². The van der Waals surface area contributed by atoms with E-state index < -0.39 is 18.2 Å². The number of rotatable bonds is 53. The Bertz CT molecular complexity index is 1270. The highest BCUT2D eigenvalue weighted by atomic mass is 16.5. The third-order valence-electron chi connectivity index (χ3n) is 13.4. The number of aliphatic hydroxyl groups excluding tert-OH is 2. The van der Waals surface area contributed by atoms with Gasteiger partial charge in [-0.05, 0) is 70.6 Å². The Balaban J connectivity index is 4.63. The molecule has 0 aromatic carbocycles. The molecule has 0 spiro atoms. The molecular weight excluding hydrogens is 851 g/mol. The molecule has 0 heterocycles. The maximum atomic E-state index is 13.3. The van der Waals surface area contributed by atoms with Gasteiger partial charge in [-0.25, -0.2) is 0 Å². The molecule has 6 heteroatoms. The Labute approximate surface area is 428 Å². The van der Waals surface area contributed by atoms with Crippen LogP contribution >= 0.6 is 0 Å². The van der Waals surface area contributed by atoms with E-state index in [1.54, 1.807) is 0 Å². The maximum absolute atomic E-state index is 13.3. The van der Waals surface area contributed by atoms with Gasteiger partial charge in [0.05, 0.1) is 25.2 Å². The van der Waals surface area contributed by atoms with Gasteiger partial charge in [0, 0.05) is 6.42 Å². The number of carbonyl (C=O) groups is 2. The molecule has 69 heavy (non-hydrogen) atoms. The van der Waals surface area contributed by atoms with Crippen LogP contribution in [0.1, 0.15) is 290 Å². The normalized spacial score (nSPS) is 13.6. The topological polar surface area (TPSA) is 95.9 Å². The Hall–Kier alpha value is -2.70. The molecule has 0 aromatic heterocycles. The number of aliphatic hydroxyl groups is 2. The second kappa shape index (κ2) is 56.2. The third-order valence-corrected chi connectivity index (χ3v) is 13.4. The van der Waals surface area contributed by atoms with Crippen molar-refractivity contribution in [2.45, 2.75) is 309 Å². The molecule has 0 aliphatic rings. The van der Waals surface area contributed by atoms with Crippen LogP contribution in [0.25, 0.3) is 0 Å². The van der Waals surface area contributed by atoms with Crippen LogP contribution in [0.4, 0.5) is 0 Å². The Morgan fingerprint density at radius 1 is 0.420 bits per heavy atom. The number of nitrogens with one attached hydrogen (secondary N) is 1. The number of carbonyl (C=O) groups excluding carboxylic acids is 2. The molecule has 0 aliphatic carbocycles. The summed E-state index contributed by atoms with van der Waals surface area (Å²) in [5, 5.41) is 23.9. The molecule has 0 aliphatic heterocycles. The van der Waals surface area contributed by atoms with Gasteiger partial charge in [-0.15, -0.1) is 0 Å². The second-order valence-electron chi connectivity index (χ2n) is 20.2. The van der Waals surface area contributed by atoms with Crippen molar-refractivity contribution in [2.24, 2.45) is 0 Å². The van der Waals surface area contributed by atoms with Crippen molar-refractivity contribution in [3.8, 4) is 0 Å². The molecule has 0 bridgehead atoms. The SMILES string of the molecule is CCC/C=C/C=C/C=C/C=C/C=C/CCCCCC(CC(=O)NC(CO)C(O)CCCCCCCCCCCCCCCCCC)OC(=O)CCCCCCC/C=C/CCCCCCCCCCC. The van der Waals surface area contributed by atoms with Crippen molar-refractivity contribution in [3.05, 3.63) is 72.9 Å². The summed E-state index contributed by atoms with van der Waals surface area (Å²) in [6, 6.07) is -0.721. The van der Waals surface area contributed by atoms with Crippen LogP contribution in [0.5, 0.6) is 0 Å². The molecular formula is C63H113NO5. The molecule has 1 amide bonds. The summed E-state index contributed by atoms with van der Waals surface area (Å²) in [5.41, 5.74) is 0. The van der Waals surface area contributed by atoms with Crippen molar-refractivity contribution in [1.82, 2.24) is 5.32 Å². The van der Waals surface area contributed by atoms with Gasteiger partial charge in [-0.3, -0.25) is 9.59 Å². The standard InChI is InChI=1S/C63H113NO5/c1-4-7-10-13-16-19-22-25-28-31-32-35-38-41-44-47-50-53-56-63(68)69-59(54-51-48-45-42-39-36-33-29-26-23-20-17-14-11-8-5-2)57-62(67)64-60(58-65)61(66)55-52-49-46-43-40-37-34-30-27-24-21-18-15-12-9-6-3/h11,14,17,20,23,26,29,32-33,35-36,39,59-61,65-66H,4-10,12-13,15-16,18-19,21-22,24-25,27-28,30-31,34,37-38,40-58H2,1-3H3,(H,64,67)/b14-11+,20-17+,26-23+,33-29+,35-32+,39-36+. The summed E-state index contributed by atoms with van der Waals surface area (Å²) >= 11 is 0. The Kier molecular flexibility index (Phi) is 54.0. The van der Waals surface area contributed by atoms with Gasteiger partial charge in [-0.2, -0.15) is 0 Å². The molecule has 3 unspecified atom stereocenters. The number of hydrogen-bond acceptors (Lipinski definition) is 5. The predicted octanol–water partition coefficient (Wildman–Crippen LogP) is 18.5. The molecule has 0 radical (unpaired) electrons. The van der Waals surface area contributed by atoms with E-state index in [0.29, 0.717) is 19.3 Å². The fourth-order valence-corrected chi connectivity index (χ4v) is 8.87. The molecule has 0 aromatic rings. The molecule has 3 N–H and O–H groups in total. The van der Waals surface area contributed by atoms with Gasteiger partial charge in [-0.1, -0.05) is 280 Å². The highest BCUT2D eigenvalue weighted by molar-refractivity contribution is 5.77. The predicted molar refractivity (Wildman–Crippen MR) is 301 cm³/mol. The zero-order chi connectivity index (χ0) is 50.2. The van der Waals surface area contributed by atoms with E-state index in [4.69, 9.17) is 4.74 Å². The third kappa shape index (κ3) is 51.5. The fraction of sp³-hybridized carbons (Fsp3) is 0.778. The van der Waals surface area contributed by atoms with Crippen molar-refractivity contribution in [3.63, 3.8) is 0 Å². The molecule has 0 saturated heterocycles. The minimum atomic E-state index is -0.805. The van der Waals surface area contributed by atoms with Gasteiger partial charge in [0.2, 0.25) is 5.91 Å². The van der Waals surface area contributed by atoms with E-state index in [1.807, 2.05) is 36.5 Å². The molecule has 6 nitrogen and oxygen atoms in total. The number of amides is 1. The summed E-state index contributed by atoms with van der Waals surface area (Å²) in [6.45, 7) is 6.41. The van der Waals surface area contributed by atoms with Crippen LogP contribution in [0.2, 0.25) is 0 Å². The molecule has 0 fully saturated rings. The number of esters is 1. The van der Waals surface area contributed by atoms with Gasteiger partial charge in [0.15, 0.2) is 0 Å². The number of unbranched alkanes of at least 4 members (excludes halogenated alkanes) is 33. The minimum absolute atomic E-state index is 0.0447. The van der Waals surface area contributed by atoms with Crippen molar-refractivity contribution in [2.75, 3.05) is 6.61 Å². The van der Waals surface area contributed by atoms with Gasteiger partial charge in [0.1, 0.15) is 6.10 Å². The first kappa shape index (κ1) is 66.3. The molecule has 400 valence electrons. The second-order valence-corrected chi connectivity index (χ2v) is 20.2. The van der Waals surface area contributed by atoms with E-state index in [-0.39, 0.29) is 24.9 Å². The smallest absolute Gasteiger partial charge is 0.306 e. The summed E-state index contributed by atoms with van der Waals surface area (Å²) in [6.07, 6.45) is 72.5. The van der Waals surface area contributed by atoms with E-state index >= 15 is 0 Å². The zero-order valence-electron chi connectivity index (χ0n) is 45.7. The van der Waals surface area contributed by atoms with Crippen LogP contribution < -0.4 is 5.32 Å². The number of allylic oxidation sites excluding steroid dienone is 12. The summed E-state index contributed by atoms with van der Waals surface area (Å²) in [5.74, 6) is -0.519. The first-order valence-corrected chi connectivity index (χ1v) is 29.7. The molecule has 0 saturated carbocycles. The zero-order valence-corrected chi connectivity index (χ0v) is 45.7. The lowest BCUT2D eigenvalue weighted by Gasteiger charge is -2.24. The van der Waals surface area contributed by atoms with E-state index in [9.17, 15) is 19.8 Å². The van der Waals surface area contributed by atoms with Crippen LogP contribution in [0, 0.1) is 0 Å². The van der Waals surface area contributed by atoms with Gasteiger partial charge < -0.3 is 20.3 Å². The highest BCUT2D eigenvalue weighted by Crippen LogP contribution is 2.18. The lowest BCUT2D eigenvalue weighted by Crippen LogP contribution is -2.46. The van der Waals surface area contributed by atoms with E-state index in [2.05, 4.69) is 62.5 Å². The summed E-state index contributed by atoms with van der Waals surface area (Å²) < 4.78 is 5.95. The Morgan fingerprint density at radius 3 is 1.23 bits per heavy atom. The largest absolute Gasteiger partial charge is 0.462 e. The first-order chi connectivity index (χ1) is 34.0. The average molecular weight is 965 g/mol. The molecule has 3 atom stereocenters. The van der Waals surface area contributed by atoms with Crippen LogP contribution in [0.15, 0.2) is 72.9 Å². The maximum Gasteiger partial charge on any atom is 0.306 e. The minimum Gasteiger partial charge on any atom is -0.462 e. The quantitative estimate of drug-likeness (QED) is 0.0244. The Morgan fingerprint density at radius 2 is 0.783 bits per heavy atom. The molecule has 0 rings (SSSR count). The lowest BCUT2D eigenvalue weighted by molar-refractivity contribution is -0.151. The highest BCUT2D eigenvalue weighted by Gasteiger charge is 2.24. The monoisotopic (exact) mass is 964 g/mol. The van der Waals surface area contributed by atoms with Crippen LogP contribution in [-0.4, -0.2) is 46.9 Å². The van der Waals surface area contributed by atoms with Crippen molar-refractivity contribution >= 4 is 11.9 Å². The van der Waals surface area contributed by atoms with Crippen molar-refractivity contribution < 1.29 is 24.5 Å². The van der Waals surface area contributed by atoms with E-state index in [1.165, 1.54) is 167 Å².